The summed E-state index contributed by atoms with van der Waals surface area (Å²) in [7, 11) is 5.05. The summed E-state index contributed by atoms with van der Waals surface area (Å²) < 4.78 is 13.3. The second kappa shape index (κ2) is 5.70. The van der Waals surface area contributed by atoms with Gasteiger partial charge in [0.05, 0.1) is 13.2 Å². The third-order valence-corrected chi connectivity index (χ3v) is 5.68. The lowest BCUT2D eigenvalue weighted by atomic mass is 9.81. The highest BCUT2D eigenvalue weighted by molar-refractivity contribution is 7.06. The summed E-state index contributed by atoms with van der Waals surface area (Å²) >= 11 is 1.30. The third-order valence-electron chi connectivity index (χ3n) is 4.71. The van der Waals surface area contributed by atoms with Crippen molar-refractivity contribution in [3.8, 4) is 5.75 Å². The monoisotopic (exact) mass is 373 g/mol. The van der Waals surface area contributed by atoms with Crippen LogP contribution < -0.4 is 19.6 Å². The molecular weight excluding hydrogens is 354 g/mol. The number of hydrogen-bond acceptors (Lipinski definition) is 7. The van der Waals surface area contributed by atoms with Crippen molar-refractivity contribution in [2.24, 2.45) is 10.9 Å². The van der Waals surface area contributed by atoms with Gasteiger partial charge in [-0.1, -0.05) is 29.5 Å². The number of hydrogen-bond donors (Lipinski definition) is 0. The Bertz CT molecular complexity index is 1070. The van der Waals surface area contributed by atoms with Crippen LogP contribution in [0.5, 0.6) is 5.75 Å². The Balaban J connectivity index is 2.08. The van der Waals surface area contributed by atoms with Crippen LogP contribution in [0, 0.1) is 5.92 Å². The van der Waals surface area contributed by atoms with Gasteiger partial charge < -0.3 is 14.4 Å². The van der Waals surface area contributed by atoms with Gasteiger partial charge in [-0.2, -0.15) is 0 Å². The number of benzene rings is 1. The highest BCUT2D eigenvalue weighted by Gasteiger charge is 2.55. The van der Waals surface area contributed by atoms with E-state index in [1.165, 1.54) is 18.4 Å². The van der Waals surface area contributed by atoms with E-state index >= 15 is 0 Å². The molecule has 1 aromatic carbocycles. The lowest BCUT2D eigenvalue weighted by Gasteiger charge is -2.44. The molecule has 2 aliphatic heterocycles. The van der Waals surface area contributed by atoms with Crippen LogP contribution in [0.15, 0.2) is 34.1 Å². The molecule has 0 amide bonds. The Labute approximate surface area is 153 Å². The number of rotatable bonds is 2. The molecule has 2 aromatic rings. The molecule has 1 aromatic heterocycles. The van der Waals surface area contributed by atoms with E-state index in [4.69, 9.17) is 9.47 Å². The number of carbonyl (C=O) groups excluding carboxylic acids is 1. The van der Waals surface area contributed by atoms with E-state index in [-0.39, 0.29) is 5.56 Å². The van der Waals surface area contributed by atoms with Gasteiger partial charge in [-0.05, 0) is 13.0 Å². The highest BCUT2D eigenvalue weighted by atomic mass is 32.1. The van der Waals surface area contributed by atoms with Crippen LogP contribution in [0.3, 0.4) is 0 Å². The van der Waals surface area contributed by atoms with Crippen molar-refractivity contribution in [3.05, 3.63) is 49.5 Å². The quantitative estimate of drug-likeness (QED) is 0.710. The summed E-state index contributed by atoms with van der Waals surface area (Å²) in [4.78, 5) is 32.7. The van der Waals surface area contributed by atoms with E-state index in [1.807, 2.05) is 43.3 Å². The fourth-order valence-electron chi connectivity index (χ4n) is 3.66. The third kappa shape index (κ3) is 2.28. The molecule has 3 heterocycles. The van der Waals surface area contributed by atoms with Crippen molar-refractivity contribution < 1.29 is 14.3 Å². The standard InChI is InChI=1S/C18H19N3O4S/c1-18-13(16(23)24-4)14(10-7-5-6-8-11(10)25-18)21-15(22)12(9-20(2)3)26-17(21)19-18/h5-9,13-14H,1-4H3/b12-9-/t13-,14-,18+/m1/s1. The first-order chi connectivity index (χ1) is 12.4. The van der Waals surface area contributed by atoms with Crippen molar-refractivity contribution in [2.75, 3.05) is 21.2 Å². The van der Waals surface area contributed by atoms with Gasteiger partial charge in [0, 0.05) is 25.9 Å². The SMILES string of the molecule is COC(=O)[C@H]1[C@H]2c3ccccc3O[C@]1(C)N=c1s/c(=C\N(C)C)c(=O)n12. The van der Waals surface area contributed by atoms with Crippen LogP contribution >= 0.6 is 11.3 Å². The smallest absolute Gasteiger partial charge is 0.317 e. The topological polar surface area (TPSA) is 73.1 Å². The molecule has 0 fully saturated rings. The average Bonchev–Trinajstić information content (AvgIpc) is 2.87. The summed E-state index contributed by atoms with van der Waals surface area (Å²) in [5, 5.41) is 0. The maximum atomic E-state index is 13.1. The van der Waals surface area contributed by atoms with Gasteiger partial charge in [0.2, 0.25) is 5.72 Å². The van der Waals surface area contributed by atoms with Crippen LogP contribution in [0.4, 0.5) is 0 Å². The first-order valence-corrected chi connectivity index (χ1v) is 9.02. The number of thiazole rings is 1. The number of nitrogens with zero attached hydrogens (tertiary/aromatic N) is 3. The zero-order valence-corrected chi connectivity index (χ0v) is 15.7. The maximum Gasteiger partial charge on any atom is 0.317 e. The number of esters is 1. The predicted molar refractivity (Wildman–Crippen MR) is 96.6 cm³/mol. The molecule has 3 atom stereocenters. The fourth-order valence-corrected chi connectivity index (χ4v) is 4.82. The Hall–Kier alpha value is -2.61. The average molecular weight is 373 g/mol. The number of carbonyl (C=O) groups is 1. The Morgan fingerprint density at radius 2 is 2.15 bits per heavy atom. The van der Waals surface area contributed by atoms with Gasteiger partial charge in [0.1, 0.15) is 16.2 Å². The summed E-state index contributed by atoms with van der Waals surface area (Å²) in [6.07, 6.45) is 1.76. The van der Waals surface area contributed by atoms with Crippen LogP contribution in [0.1, 0.15) is 18.5 Å². The fraction of sp³-hybridized carbons (Fsp3) is 0.389. The number of para-hydroxylation sites is 1. The molecule has 0 N–H and O–H groups in total. The maximum absolute atomic E-state index is 13.1. The molecule has 0 spiro atoms. The van der Waals surface area contributed by atoms with Crippen molar-refractivity contribution in [1.82, 2.24) is 9.47 Å². The van der Waals surface area contributed by atoms with E-state index in [1.54, 1.807) is 17.7 Å². The van der Waals surface area contributed by atoms with Crippen LogP contribution in [0.2, 0.25) is 0 Å². The zero-order chi connectivity index (χ0) is 18.6. The van der Waals surface area contributed by atoms with Crippen molar-refractivity contribution in [3.63, 3.8) is 0 Å². The van der Waals surface area contributed by atoms with Crippen LogP contribution in [-0.2, 0) is 9.53 Å². The largest absolute Gasteiger partial charge is 0.469 e. The molecule has 0 saturated heterocycles. The number of fused-ring (bicyclic) bond motifs is 6. The van der Waals surface area contributed by atoms with Gasteiger partial charge in [0.15, 0.2) is 4.80 Å². The van der Waals surface area contributed by atoms with E-state index in [0.29, 0.717) is 15.1 Å². The summed E-state index contributed by atoms with van der Waals surface area (Å²) in [5.74, 6) is -0.558. The molecule has 136 valence electrons. The van der Waals surface area contributed by atoms with Gasteiger partial charge in [0.25, 0.3) is 5.56 Å². The lowest BCUT2D eigenvalue weighted by molar-refractivity contribution is -0.158. The molecular formula is C18H19N3O4S. The van der Waals surface area contributed by atoms with Gasteiger partial charge in [-0.25, -0.2) is 4.99 Å². The van der Waals surface area contributed by atoms with Crippen molar-refractivity contribution >= 4 is 23.5 Å². The Morgan fingerprint density at radius 1 is 1.42 bits per heavy atom. The zero-order valence-electron chi connectivity index (χ0n) is 14.9. The minimum absolute atomic E-state index is 0.167. The molecule has 26 heavy (non-hydrogen) atoms. The van der Waals surface area contributed by atoms with E-state index < -0.39 is 23.7 Å². The Morgan fingerprint density at radius 3 is 2.85 bits per heavy atom. The molecule has 2 bridgehead atoms. The van der Waals surface area contributed by atoms with Gasteiger partial charge in [-0.3, -0.25) is 14.2 Å². The molecule has 0 saturated carbocycles. The first kappa shape index (κ1) is 16.8. The summed E-state index contributed by atoms with van der Waals surface area (Å²) in [6, 6.07) is 6.93. The van der Waals surface area contributed by atoms with Crippen LogP contribution in [0.25, 0.3) is 6.20 Å². The normalized spacial score (nSPS) is 26.2. The predicted octanol–water partition coefficient (Wildman–Crippen LogP) is 0.330. The highest BCUT2D eigenvalue weighted by Crippen LogP contribution is 2.47. The van der Waals surface area contributed by atoms with Crippen molar-refractivity contribution in [2.45, 2.75) is 18.7 Å². The van der Waals surface area contributed by atoms with Gasteiger partial charge >= 0.3 is 5.97 Å². The number of aromatic nitrogens is 1. The van der Waals surface area contributed by atoms with Crippen LogP contribution in [-0.4, -0.2) is 42.4 Å². The summed E-state index contributed by atoms with van der Waals surface area (Å²) in [6.45, 7) is 1.76. The van der Waals surface area contributed by atoms with E-state index in [9.17, 15) is 9.59 Å². The summed E-state index contributed by atoms with van der Waals surface area (Å²) in [5.41, 5.74) is -0.508. The van der Waals surface area contributed by atoms with Crippen molar-refractivity contribution in [1.29, 1.82) is 0 Å². The molecule has 0 radical (unpaired) electrons. The van der Waals surface area contributed by atoms with E-state index in [0.717, 1.165) is 5.56 Å². The lowest BCUT2D eigenvalue weighted by Crippen LogP contribution is -2.58. The minimum atomic E-state index is -1.13. The first-order valence-electron chi connectivity index (χ1n) is 8.21. The minimum Gasteiger partial charge on any atom is -0.469 e. The molecule has 0 aliphatic carbocycles. The Kier molecular flexibility index (Phi) is 3.69. The molecule has 0 unspecified atom stereocenters. The number of methoxy groups -OCH3 is 1. The molecule has 4 rings (SSSR count). The van der Waals surface area contributed by atoms with Gasteiger partial charge in [-0.15, -0.1) is 0 Å². The molecule has 2 aliphatic rings. The van der Waals surface area contributed by atoms with E-state index in [2.05, 4.69) is 4.99 Å². The second-order valence-electron chi connectivity index (χ2n) is 6.77. The molecule has 8 heteroatoms. The second-order valence-corrected chi connectivity index (χ2v) is 7.78. The molecule has 7 nitrogen and oxygen atoms in total. The number of ether oxygens (including phenoxy) is 2.